The van der Waals surface area contributed by atoms with Gasteiger partial charge in [0.05, 0.1) is 10.7 Å². The Kier molecular flexibility index (Phi) is 4.89. The zero-order valence-corrected chi connectivity index (χ0v) is 13.2. The molecule has 0 fully saturated rings. The number of nitrogens with two attached hydrogens (primary N) is 1. The summed E-state index contributed by atoms with van der Waals surface area (Å²) in [7, 11) is 0. The molecule has 0 radical (unpaired) electrons. The number of nitrogens with one attached hydrogen (secondary N) is 1. The minimum absolute atomic E-state index is 0.107. The van der Waals surface area contributed by atoms with Gasteiger partial charge < -0.3 is 16.2 Å². The molecule has 0 saturated heterocycles. The molecule has 126 valence electrons. The largest absolute Gasteiger partial charge is 0.480 e. The smallest absolute Gasteiger partial charge is 0.326 e. The van der Waals surface area contributed by atoms with Crippen LogP contribution in [0.25, 0.3) is 0 Å². The molecule has 0 aliphatic carbocycles. The van der Waals surface area contributed by atoms with E-state index in [9.17, 15) is 18.8 Å². The first-order chi connectivity index (χ1) is 11.2. The van der Waals surface area contributed by atoms with Crippen molar-refractivity contribution in [3.05, 3.63) is 57.2 Å². The van der Waals surface area contributed by atoms with Gasteiger partial charge in [-0.25, -0.2) is 9.18 Å². The van der Waals surface area contributed by atoms with Gasteiger partial charge in [0, 0.05) is 17.8 Å². The summed E-state index contributed by atoms with van der Waals surface area (Å²) in [6, 6.07) is 3.60. The van der Waals surface area contributed by atoms with Crippen LogP contribution in [0.5, 0.6) is 0 Å². The third-order valence-electron chi connectivity index (χ3n) is 3.30. The molecule has 9 heteroatoms. The number of carboxylic acid groups (broad SMARTS) is 1. The number of pyridine rings is 1. The van der Waals surface area contributed by atoms with Gasteiger partial charge in [0.1, 0.15) is 17.5 Å². The number of hydrogen-bond acceptors (Lipinski definition) is 4. The second kappa shape index (κ2) is 6.71. The summed E-state index contributed by atoms with van der Waals surface area (Å²) in [5, 5.41) is 11.4. The fourth-order valence-electron chi connectivity index (χ4n) is 1.93. The Bertz CT molecular complexity index is 882. The van der Waals surface area contributed by atoms with Crippen molar-refractivity contribution in [3.63, 3.8) is 0 Å². The third kappa shape index (κ3) is 3.54. The fourth-order valence-corrected chi connectivity index (χ4v) is 2.11. The molecule has 7 nitrogen and oxygen atoms in total. The van der Waals surface area contributed by atoms with E-state index in [4.69, 9.17) is 22.4 Å². The van der Waals surface area contributed by atoms with Crippen LogP contribution in [0.2, 0.25) is 5.02 Å². The predicted molar refractivity (Wildman–Crippen MR) is 86.8 cm³/mol. The summed E-state index contributed by atoms with van der Waals surface area (Å²) in [4.78, 5) is 35.4. The van der Waals surface area contributed by atoms with Crippen LogP contribution < -0.4 is 16.6 Å². The number of amides is 1. The minimum atomic E-state index is -1.31. The maximum atomic E-state index is 13.7. The molecular weight excluding hydrogens is 341 g/mol. The van der Waals surface area contributed by atoms with Crippen LogP contribution in [-0.2, 0) is 4.79 Å². The summed E-state index contributed by atoms with van der Waals surface area (Å²) in [5.41, 5.74) is 4.69. The monoisotopic (exact) mass is 353 g/mol. The summed E-state index contributed by atoms with van der Waals surface area (Å²) in [5.74, 6) is -2.90. The molecule has 24 heavy (non-hydrogen) atoms. The van der Waals surface area contributed by atoms with Crippen molar-refractivity contribution in [1.82, 2.24) is 4.57 Å². The van der Waals surface area contributed by atoms with Crippen LogP contribution in [0.4, 0.5) is 15.8 Å². The zero-order chi connectivity index (χ0) is 18.0. The highest BCUT2D eigenvalue weighted by molar-refractivity contribution is 6.33. The van der Waals surface area contributed by atoms with Gasteiger partial charge in [-0.05, 0) is 25.1 Å². The van der Waals surface area contributed by atoms with Gasteiger partial charge in [0.15, 0.2) is 0 Å². The molecule has 1 aromatic carbocycles. The normalized spacial score (nSPS) is 11.8. The Balaban J connectivity index is 2.39. The van der Waals surface area contributed by atoms with Crippen LogP contribution in [0.1, 0.15) is 23.3 Å². The highest BCUT2D eigenvalue weighted by atomic mass is 35.5. The first kappa shape index (κ1) is 17.5. The molecular formula is C15H13ClFN3O4. The summed E-state index contributed by atoms with van der Waals surface area (Å²) in [6.07, 6.45) is 0.761. The Hall–Kier alpha value is -2.87. The molecule has 2 aromatic rings. The highest BCUT2D eigenvalue weighted by Gasteiger charge is 2.19. The third-order valence-corrected chi connectivity index (χ3v) is 3.62. The first-order valence-electron chi connectivity index (χ1n) is 6.71. The van der Waals surface area contributed by atoms with E-state index < -0.39 is 29.3 Å². The Labute approximate surface area is 140 Å². The van der Waals surface area contributed by atoms with Crippen LogP contribution in [0, 0.1) is 5.82 Å². The molecule has 0 aliphatic heterocycles. The number of anilines is 2. The van der Waals surface area contributed by atoms with Gasteiger partial charge >= 0.3 is 5.97 Å². The van der Waals surface area contributed by atoms with Crippen molar-refractivity contribution in [1.29, 1.82) is 0 Å². The van der Waals surface area contributed by atoms with Gasteiger partial charge in [-0.15, -0.1) is 0 Å². The molecule has 0 spiro atoms. The van der Waals surface area contributed by atoms with Gasteiger partial charge in [-0.3, -0.25) is 14.2 Å². The molecule has 1 heterocycles. The van der Waals surface area contributed by atoms with Crippen molar-refractivity contribution in [3.8, 4) is 0 Å². The maximum Gasteiger partial charge on any atom is 0.326 e. The molecule has 0 saturated carbocycles. The number of nitrogens with zero attached hydrogens (tertiary/aromatic N) is 1. The van der Waals surface area contributed by atoms with Crippen LogP contribution in [-0.4, -0.2) is 21.6 Å². The SMILES string of the molecule is CC(C(=O)O)n1cc(F)cc(NC(=O)c2ccc(N)c(Cl)c2)c1=O. The number of carbonyl (C=O) groups excluding carboxylic acids is 1. The standard InChI is InChI=1S/C15H13ClFN3O4/c1-7(15(23)24)20-6-9(17)5-12(14(20)22)19-13(21)8-2-3-11(18)10(16)4-8/h2-7H,18H2,1H3,(H,19,21)(H,23,24). The van der Waals surface area contributed by atoms with Gasteiger partial charge in [0.2, 0.25) is 0 Å². The molecule has 1 aromatic heterocycles. The Morgan fingerprint density at radius 2 is 2.04 bits per heavy atom. The van der Waals surface area contributed by atoms with Crippen LogP contribution in [0.3, 0.4) is 0 Å². The summed E-state index contributed by atoms with van der Waals surface area (Å²) >= 11 is 5.82. The number of benzene rings is 1. The lowest BCUT2D eigenvalue weighted by atomic mass is 10.2. The van der Waals surface area contributed by atoms with Crippen molar-refractivity contribution in [2.45, 2.75) is 13.0 Å². The number of carbonyl (C=O) groups is 2. The number of rotatable bonds is 4. The average Bonchev–Trinajstić information content (AvgIpc) is 2.52. The molecule has 4 N–H and O–H groups in total. The lowest BCUT2D eigenvalue weighted by molar-refractivity contribution is -0.140. The van der Waals surface area contributed by atoms with E-state index in [-0.39, 0.29) is 22.0 Å². The van der Waals surface area contributed by atoms with E-state index in [0.717, 1.165) is 12.3 Å². The Morgan fingerprint density at radius 3 is 2.62 bits per heavy atom. The van der Waals surface area contributed by atoms with E-state index in [2.05, 4.69) is 5.32 Å². The molecule has 1 atom stereocenters. The summed E-state index contributed by atoms with van der Waals surface area (Å²) in [6.45, 7) is 1.22. The zero-order valence-electron chi connectivity index (χ0n) is 12.4. The van der Waals surface area contributed by atoms with Crippen molar-refractivity contribution in [2.24, 2.45) is 0 Å². The lowest BCUT2D eigenvalue weighted by Crippen LogP contribution is -2.31. The second-order valence-electron chi connectivity index (χ2n) is 4.99. The number of aromatic nitrogens is 1. The van der Waals surface area contributed by atoms with E-state index >= 15 is 0 Å². The molecule has 1 amide bonds. The van der Waals surface area contributed by atoms with Crippen molar-refractivity contribution >= 4 is 34.9 Å². The van der Waals surface area contributed by atoms with Crippen molar-refractivity contribution < 1.29 is 19.1 Å². The number of aliphatic carboxylic acids is 1. The maximum absolute atomic E-state index is 13.7. The van der Waals surface area contributed by atoms with E-state index in [1.165, 1.54) is 25.1 Å². The van der Waals surface area contributed by atoms with E-state index in [0.29, 0.717) is 4.57 Å². The molecule has 0 aliphatic rings. The number of nitrogen functional groups attached to an aromatic ring is 1. The number of hydrogen-bond donors (Lipinski definition) is 3. The van der Waals surface area contributed by atoms with Gasteiger partial charge in [-0.1, -0.05) is 11.6 Å². The molecule has 0 bridgehead atoms. The minimum Gasteiger partial charge on any atom is -0.480 e. The van der Waals surface area contributed by atoms with Gasteiger partial charge in [0.25, 0.3) is 11.5 Å². The van der Waals surface area contributed by atoms with Gasteiger partial charge in [-0.2, -0.15) is 0 Å². The predicted octanol–water partition coefficient (Wildman–Crippen LogP) is 2.12. The van der Waals surface area contributed by atoms with E-state index in [1.54, 1.807) is 0 Å². The average molecular weight is 354 g/mol. The molecule has 1 unspecified atom stereocenters. The van der Waals surface area contributed by atoms with Crippen molar-refractivity contribution in [2.75, 3.05) is 11.1 Å². The second-order valence-corrected chi connectivity index (χ2v) is 5.40. The summed E-state index contributed by atoms with van der Waals surface area (Å²) < 4.78 is 14.3. The Morgan fingerprint density at radius 1 is 1.38 bits per heavy atom. The van der Waals surface area contributed by atoms with Crippen LogP contribution >= 0.6 is 11.6 Å². The first-order valence-corrected chi connectivity index (χ1v) is 7.09. The van der Waals surface area contributed by atoms with Crippen LogP contribution in [0.15, 0.2) is 35.3 Å². The number of carboxylic acids is 1. The fraction of sp³-hybridized carbons (Fsp3) is 0.133. The highest BCUT2D eigenvalue weighted by Crippen LogP contribution is 2.20. The lowest BCUT2D eigenvalue weighted by Gasteiger charge is -2.13. The quantitative estimate of drug-likeness (QED) is 0.728. The molecule has 2 rings (SSSR count). The van der Waals surface area contributed by atoms with E-state index in [1.807, 2.05) is 0 Å². The topological polar surface area (TPSA) is 114 Å². The number of halogens is 2.